The molecule has 1 amide bonds. The van der Waals surface area contributed by atoms with Crippen molar-refractivity contribution < 1.29 is 4.79 Å². The number of amides is 1. The van der Waals surface area contributed by atoms with E-state index in [1.165, 1.54) is 6.21 Å². The fourth-order valence-corrected chi connectivity index (χ4v) is 2.80. The van der Waals surface area contributed by atoms with Crippen molar-refractivity contribution in [2.45, 2.75) is 19.0 Å². The monoisotopic (exact) mass is 322 g/mol. The molecule has 24 heavy (non-hydrogen) atoms. The molecule has 1 aliphatic rings. The number of carbonyl (C=O) groups excluding carboxylic acids is 1. The van der Waals surface area contributed by atoms with Crippen LogP contribution in [-0.4, -0.2) is 31.3 Å². The Bertz CT molecular complexity index is 706. The first-order chi connectivity index (χ1) is 11.8. The summed E-state index contributed by atoms with van der Waals surface area (Å²) in [5.41, 5.74) is 3.57. The van der Waals surface area contributed by atoms with Gasteiger partial charge in [0, 0.05) is 42.2 Å². The third-order valence-electron chi connectivity index (χ3n) is 4.21. The first-order valence-corrected chi connectivity index (χ1v) is 8.20. The quantitative estimate of drug-likeness (QED) is 0.617. The molecule has 3 rings (SSSR count). The zero-order valence-corrected chi connectivity index (χ0v) is 13.5. The van der Waals surface area contributed by atoms with Gasteiger partial charge in [-0.05, 0) is 36.7 Å². The van der Waals surface area contributed by atoms with E-state index in [1.807, 2.05) is 48.5 Å². The normalized spacial score (nSPS) is 16.6. The van der Waals surface area contributed by atoms with Gasteiger partial charge in [-0.15, -0.1) is 0 Å². The lowest BCUT2D eigenvalue weighted by Crippen LogP contribution is -2.36. The topological polar surface area (TPSA) is 77.0 Å². The van der Waals surface area contributed by atoms with Crippen LogP contribution in [0.15, 0.2) is 48.5 Å². The van der Waals surface area contributed by atoms with E-state index in [9.17, 15) is 4.79 Å². The van der Waals surface area contributed by atoms with E-state index < -0.39 is 0 Å². The first kappa shape index (κ1) is 16.2. The standard InChI is InChI=1S/C19H22N4O/c20-11-16-3-1-2-4-18(16)22-12-14-5-7-15(8-6-14)19(24)23-17-9-10-21-13-17/h1-8,11,17,20-22H,9-10,12-13H2,(H,23,24)/t17-/m1/s1. The van der Waals surface area contributed by atoms with Crippen LogP contribution in [0.3, 0.4) is 0 Å². The highest BCUT2D eigenvalue weighted by Gasteiger charge is 2.17. The maximum atomic E-state index is 12.2. The summed E-state index contributed by atoms with van der Waals surface area (Å²) in [4.78, 5) is 12.2. The Balaban J connectivity index is 1.58. The molecule has 0 saturated carbocycles. The van der Waals surface area contributed by atoms with E-state index in [1.54, 1.807) is 0 Å². The number of para-hydroxylation sites is 1. The Labute approximate surface area is 142 Å². The molecule has 0 spiro atoms. The number of nitrogens with one attached hydrogen (secondary N) is 4. The molecule has 0 radical (unpaired) electrons. The molecule has 0 unspecified atom stereocenters. The summed E-state index contributed by atoms with van der Waals surface area (Å²) in [6.45, 7) is 2.46. The number of benzene rings is 2. The molecular weight excluding hydrogens is 300 g/mol. The van der Waals surface area contributed by atoms with Crippen molar-refractivity contribution in [3.8, 4) is 0 Å². The van der Waals surface area contributed by atoms with Crippen molar-refractivity contribution in [2.75, 3.05) is 18.4 Å². The summed E-state index contributed by atoms with van der Waals surface area (Å²) in [6, 6.07) is 15.6. The van der Waals surface area contributed by atoms with Crippen LogP contribution in [0.2, 0.25) is 0 Å². The lowest BCUT2D eigenvalue weighted by molar-refractivity contribution is 0.0940. The Morgan fingerprint density at radius 3 is 2.71 bits per heavy atom. The van der Waals surface area contributed by atoms with Gasteiger partial charge in [-0.2, -0.15) is 0 Å². The molecule has 1 saturated heterocycles. The molecule has 0 aliphatic carbocycles. The lowest BCUT2D eigenvalue weighted by atomic mass is 10.1. The maximum absolute atomic E-state index is 12.2. The highest BCUT2D eigenvalue weighted by atomic mass is 16.1. The largest absolute Gasteiger partial charge is 0.380 e. The lowest BCUT2D eigenvalue weighted by Gasteiger charge is -2.12. The van der Waals surface area contributed by atoms with E-state index in [0.29, 0.717) is 12.1 Å². The maximum Gasteiger partial charge on any atom is 0.251 e. The van der Waals surface area contributed by atoms with Crippen molar-refractivity contribution >= 4 is 17.8 Å². The zero-order valence-electron chi connectivity index (χ0n) is 13.5. The number of rotatable bonds is 6. The molecule has 2 aromatic rings. The Kier molecular flexibility index (Phi) is 5.23. The first-order valence-electron chi connectivity index (χ1n) is 8.20. The fourth-order valence-electron chi connectivity index (χ4n) is 2.80. The summed E-state index contributed by atoms with van der Waals surface area (Å²) in [5.74, 6) is -0.0163. The van der Waals surface area contributed by atoms with Crippen molar-refractivity contribution in [3.63, 3.8) is 0 Å². The molecule has 1 heterocycles. The minimum absolute atomic E-state index is 0.0163. The second-order valence-corrected chi connectivity index (χ2v) is 5.95. The highest BCUT2D eigenvalue weighted by Crippen LogP contribution is 2.14. The van der Waals surface area contributed by atoms with E-state index in [0.717, 1.165) is 36.3 Å². The van der Waals surface area contributed by atoms with Gasteiger partial charge in [0.2, 0.25) is 0 Å². The van der Waals surface area contributed by atoms with Crippen molar-refractivity contribution in [1.29, 1.82) is 5.41 Å². The van der Waals surface area contributed by atoms with Crippen LogP contribution in [0.25, 0.3) is 0 Å². The summed E-state index contributed by atoms with van der Waals surface area (Å²) >= 11 is 0. The van der Waals surface area contributed by atoms with Gasteiger partial charge in [-0.3, -0.25) is 4.79 Å². The third-order valence-corrected chi connectivity index (χ3v) is 4.21. The third kappa shape index (κ3) is 4.00. The molecular formula is C19H22N4O. The van der Waals surface area contributed by atoms with Crippen molar-refractivity contribution in [3.05, 3.63) is 65.2 Å². The van der Waals surface area contributed by atoms with E-state index >= 15 is 0 Å². The molecule has 0 aromatic heterocycles. The predicted octanol–water partition coefficient (Wildman–Crippen LogP) is 2.39. The van der Waals surface area contributed by atoms with Crippen LogP contribution in [0.1, 0.15) is 27.9 Å². The zero-order chi connectivity index (χ0) is 16.8. The van der Waals surface area contributed by atoms with Crippen LogP contribution < -0.4 is 16.0 Å². The molecule has 124 valence electrons. The van der Waals surface area contributed by atoms with Crippen molar-refractivity contribution in [1.82, 2.24) is 10.6 Å². The molecule has 1 fully saturated rings. The van der Waals surface area contributed by atoms with Gasteiger partial charge >= 0.3 is 0 Å². The molecule has 0 bridgehead atoms. The van der Waals surface area contributed by atoms with Gasteiger partial charge in [0.1, 0.15) is 0 Å². The van der Waals surface area contributed by atoms with Crippen LogP contribution in [-0.2, 0) is 6.54 Å². The van der Waals surface area contributed by atoms with Crippen LogP contribution in [0.5, 0.6) is 0 Å². The van der Waals surface area contributed by atoms with Gasteiger partial charge in [-0.1, -0.05) is 30.3 Å². The summed E-state index contributed by atoms with van der Waals surface area (Å²) in [6.07, 6.45) is 2.33. The van der Waals surface area contributed by atoms with Crippen LogP contribution >= 0.6 is 0 Å². The van der Waals surface area contributed by atoms with Gasteiger partial charge < -0.3 is 21.4 Å². The van der Waals surface area contributed by atoms with E-state index in [-0.39, 0.29) is 11.9 Å². The Hall–Kier alpha value is -2.66. The summed E-state index contributed by atoms with van der Waals surface area (Å²) in [5, 5.41) is 17.0. The van der Waals surface area contributed by atoms with E-state index in [4.69, 9.17) is 5.41 Å². The van der Waals surface area contributed by atoms with Crippen LogP contribution in [0.4, 0.5) is 5.69 Å². The Morgan fingerprint density at radius 2 is 2.00 bits per heavy atom. The molecule has 4 N–H and O–H groups in total. The highest BCUT2D eigenvalue weighted by molar-refractivity contribution is 5.94. The minimum atomic E-state index is -0.0163. The molecule has 5 nitrogen and oxygen atoms in total. The molecule has 1 atom stereocenters. The number of carbonyl (C=O) groups is 1. The van der Waals surface area contributed by atoms with Gasteiger partial charge in [-0.25, -0.2) is 0 Å². The SMILES string of the molecule is N=Cc1ccccc1NCc1ccc(C(=O)N[C@@H]2CCNC2)cc1. The number of anilines is 1. The minimum Gasteiger partial charge on any atom is -0.380 e. The smallest absolute Gasteiger partial charge is 0.251 e. The molecule has 2 aromatic carbocycles. The average Bonchev–Trinajstić information content (AvgIpc) is 3.13. The van der Waals surface area contributed by atoms with Gasteiger partial charge in [0.25, 0.3) is 5.91 Å². The fraction of sp³-hybridized carbons (Fsp3) is 0.263. The van der Waals surface area contributed by atoms with Crippen molar-refractivity contribution in [2.24, 2.45) is 0 Å². The van der Waals surface area contributed by atoms with Gasteiger partial charge in [0.15, 0.2) is 0 Å². The summed E-state index contributed by atoms with van der Waals surface area (Å²) in [7, 11) is 0. The predicted molar refractivity (Wildman–Crippen MR) is 96.8 cm³/mol. The summed E-state index contributed by atoms with van der Waals surface area (Å²) < 4.78 is 0. The number of hydrogen-bond donors (Lipinski definition) is 4. The van der Waals surface area contributed by atoms with E-state index in [2.05, 4.69) is 16.0 Å². The van der Waals surface area contributed by atoms with Crippen LogP contribution in [0, 0.1) is 5.41 Å². The molecule has 5 heteroatoms. The molecule has 1 aliphatic heterocycles. The average molecular weight is 322 g/mol. The van der Waals surface area contributed by atoms with Gasteiger partial charge in [0.05, 0.1) is 0 Å². The second-order valence-electron chi connectivity index (χ2n) is 5.95. The second kappa shape index (κ2) is 7.75. The number of hydrogen-bond acceptors (Lipinski definition) is 4. The Morgan fingerprint density at radius 1 is 1.21 bits per heavy atom.